The number of hydrogen-bond donors (Lipinski definition) is 1. The fourth-order valence-electron chi connectivity index (χ4n) is 3.65. The first kappa shape index (κ1) is 16.4. The van der Waals surface area contributed by atoms with E-state index in [0.717, 1.165) is 11.9 Å². The number of amides is 2. The van der Waals surface area contributed by atoms with E-state index < -0.39 is 5.76 Å². The van der Waals surface area contributed by atoms with Gasteiger partial charge in [-0.15, -0.1) is 0 Å². The van der Waals surface area contributed by atoms with E-state index in [9.17, 15) is 9.59 Å². The second-order valence-electron chi connectivity index (χ2n) is 6.54. The van der Waals surface area contributed by atoms with Crippen LogP contribution in [0.1, 0.15) is 24.1 Å². The Hall–Kier alpha value is -3.02. The first-order chi connectivity index (χ1) is 12.6. The average Bonchev–Trinajstić information content (AvgIpc) is 2.97. The first-order valence-corrected chi connectivity index (χ1v) is 8.86. The fourth-order valence-corrected chi connectivity index (χ4v) is 3.65. The maximum Gasteiger partial charge on any atom is 0.420 e. The molecule has 6 nitrogen and oxygen atoms in total. The van der Waals surface area contributed by atoms with Crippen molar-refractivity contribution in [3.05, 3.63) is 70.2 Å². The number of nitrogens with zero attached hydrogens (tertiary/aromatic N) is 2. The topological polar surface area (TPSA) is 67.5 Å². The highest BCUT2D eigenvalue weighted by Gasteiger charge is 2.27. The molecule has 1 aromatic heterocycles. The second-order valence-corrected chi connectivity index (χ2v) is 6.54. The molecule has 1 unspecified atom stereocenters. The molecule has 0 saturated carbocycles. The number of rotatable bonds is 3. The standard InChI is InChI=1S/C20H21N3O3/c1-14-16-7-3-2-6-15(16)10-12-22(14)19(24)21-11-13-23-17-8-4-5-9-18(17)26-20(23)25/h2-9,14H,10-13H2,1H3,(H,21,24). The van der Waals surface area contributed by atoms with Gasteiger partial charge in [0.15, 0.2) is 5.58 Å². The minimum atomic E-state index is -0.402. The van der Waals surface area contributed by atoms with E-state index in [2.05, 4.69) is 17.4 Å². The van der Waals surface area contributed by atoms with Crippen LogP contribution in [-0.2, 0) is 13.0 Å². The predicted octanol–water partition coefficient (Wildman–Crippen LogP) is 2.92. The van der Waals surface area contributed by atoms with Gasteiger partial charge in [-0.3, -0.25) is 4.57 Å². The van der Waals surface area contributed by atoms with Crippen molar-refractivity contribution in [3.63, 3.8) is 0 Å². The maximum absolute atomic E-state index is 12.6. The van der Waals surface area contributed by atoms with Crippen LogP contribution in [0.25, 0.3) is 11.1 Å². The Bertz CT molecular complexity index is 1000. The summed E-state index contributed by atoms with van der Waals surface area (Å²) in [7, 11) is 0. The van der Waals surface area contributed by atoms with Crippen LogP contribution < -0.4 is 11.1 Å². The van der Waals surface area contributed by atoms with Crippen molar-refractivity contribution < 1.29 is 9.21 Å². The molecule has 1 atom stereocenters. The van der Waals surface area contributed by atoms with Gasteiger partial charge in [0.2, 0.25) is 0 Å². The molecule has 4 rings (SSSR count). The Morgan fingerprint density at radius 3 is 2.85 bits per heavy atom. The van der Waals surface area contributed by atoms with Gasteiger partial charge < -0.3 is 14.6 Å². The van der Waals surface area contributed by atoms with Gasteiger partial charge in [0, 0.05) is 19.6 Å². The molecule has 2 amide bonds. The summed E-state index contributed by atoms with van der Waals surface area (Å²) in [6.45, 7) is 3.48. The zero-order chi connectivity index (χ0) is 18.1. The lowest BCUT2D eigenvalue weighted by Crippen LogP contribution is -2.45. The summed E-state index contributed by atoms with van der Waals surface area (Å²) < 4.78 is 6.76. The molecule has 0 bridgehead atoms. The van der Waals surface area contributed by atoms with Gasteiger partial charge in [-0.25, -0.2) is 9.59 Å². The Kier molecular flexibility index (Phi) is 4.24. The van der Waals surface area contributed by atoms with Crippen molar-refractivity contribution in [1.82, 2.24) is 14.8 Å². The molecule has 1 N–H and O–H groups in total. The lowest BCUT2D eigenvalue weighted by molar-refractivity contribution is 0.174. The van der Waals surface area contributed by atoms with Crippen LogP contribution in [0.15, 0.2) is 57.7 Å². The quantitative estimate of drug-likeness (QED) is 0.789. The number of carbonyl (C=O) groups excluding carboxylic acids is 1. The number of urea groups is 1. The van der Waals surface area contributed by atoms with Crippen LogP contribution in [0, 0.1) is 0 Å². The van der Waals surface area contributed by atoms with Crippen LogP contribution >= 0.6 is 0 Å². The van der Waals surface area contributed by atoms with E-state index in [0.29, 0.717) is 25.2 Å². The Labute approximate surface area is 151 Å². The summed E-state index contributed by atoms with van der Waals surface area (Å²) in [6, 6.07) is 15.5. The minimum Gasteiger partial charge on any atom is -0.408 e. The van der Waals surface area contributed by atoms with Crippen molar-refractivity contribution >= 4 is 17.1 Å². The van der Waals surface area contributed by atoms with Gasteiger partial charge in [0.1, 0.15) is 0 Å². The molecular formula is C20H21N3O3. The van der Waals surface area contributed by atoms with Crippen LogP contribution in [0.5, 0.6) is 0 Å². The smallest absolute Gasteiger partial charge is 0.408 e. The van der Waals surface area contributed by atoms with E-state index >= 15 is 0 Å². The lowest BCUT2D eigenvalue weighted by Gasteiger charge is -2.35. The third-order valence-corrected chi connectivity index (χ3v) is 5.04. The van der Waals surface area contributed by atoms with E-state index in [1.54, 1.807) is 10.6 Å². The Morgan fingerprint density at radius 1 is 1.19 bits per heavy atom. The number of aromatic nitrogens is 1. The van der Waals surface area contributed by atoms with E-state index in [4.69, 9.17) is 4.42 Å². The number of fused-ring (bicyclic) bond motifs is 2. The van der Waals surface area contributed by atoms with Crippen molar-refractivity contribution in [1.29, 1.82) is 0 Å². The summed E-state index contributed by atoms with van der Waals surface area (Å²) in [6.07, 6.45) is 0.861. The summed E-state index contributed by atoms with van der Waals surface area (Å²) in [5.74, 6) is -0.402. The lowest BCUT2D eigenvalue weighted by atomic mass is 9.94. The molecule has 0 saturated heterocycles. The molecule has 1 aliphatic heterocycles. The Morgan fingerprint density at radius 2 is 1.96 bits per heavy atom. The van der Waals surface area contributed by atoms with Gasteiger partial charge in [-0.2, -0.15) is 0 Å². The molecule has 3 aromatic rings. The van der Waals surface area contributed by atoms with E-state index in [-0.39, 0.29) is 12.1 Å². The third kappa shape index (κ3) is 2.87. The number of nitrogens with one attached hydrogen (secondary N) is 1. The van der Waals surface area contributed by atoms with Crippen molar-refractivity contribution in [2.75, 3.05) is 13.1 Å². The number of benzene rings is 2. The molecule has 6 heteroatoms. The van der Waals surface area contributed by atoms with Crippen LogP contribution in [0.4, 0.5) is 4.79 Å². The molecule has 2 aromatic carbocycles. The molecule has 0 spiro atoms. The summed E-state index contributed by atoms with van der Waals surface area (Å²) in [5.41, 5.74) is 3.81. The van der Waals surface area contributed by atoms with E-state index in [1.807, 2.05) is 42.2 Å². The van der Waals surface area contributed by atoms with Crippen LogP contribution in [0.2, 0.25) is 0 Å². The van der Waals surface area contributed by atoms with Crippen LogP contribution in [0.3, 0.4) is 0 Å². The predicted molar refractivity (Wildman–Crippen MR) is 99.1 cm³/mol. The van der Waals surface area contributed by atoms with E-state index in [1.165, 1.54) is 11.1 Å². The second kappa shape index (κ2) is 6.71. The normalized spacial score (nSPS) is 16.5. The molecule has 0 fully saturated rings. The first-order valence-electron chi connectivity index (χ1n) is 8.86. The summed E-state index contributed by atoms with van der Waals surface area (Å²) in [5, 5.41) is 2.93. The SMILES string of the molecule is CC1c2ccccc2CCN1C(=O)NCCn1c(=O)oc2ccccc21. The largest absolute Gasteiger partial charge is 0.420 e. The maximum atomic E-state index is 12.6. The van der Waals surface area contributed by atoms with Crippen LogP contribution in [-0.4, -0.2) is 28.6 Å². The molecule has 0 aliphatic carbocycles. The zero-order valence-corrected chi connectivity index (χ0v) is 14.6. The molecule has 1 aliphatic rings. The van der Waals surface area contributed by atoms with Crippen molar-refractivity contribution in [2.24, 2.45) is 0 Å². The highest BCUT2D eigenvalue weighted by Crippen LogP contribution is 2.28. The van der Waals surface area contributed by atoms with Gasteiger partial charge >= 0.3 is 11.8 Å². The minimum absolute atomic E-state index is 0.0393. The summed E-state index contributed by atoms with van der Waals surface area (Å²) >= 11 is 0. The molecule has 2 heterocycles. The molecular weight excluding hydrogens is 330 g/mol. The van der Waals surface area contributed by atoms with Crippen molar-refractivity contribution in [2.45, 2.75) is 25.9 Å². The monoisotopic (exact) mass is 351 g/mol. The van der Waals surface area contributed by atoms with Gasteiger partial charge in [0.25, 0.3) is 0 Å². The fraction of sp³-hybridized carbons (Fsp3) is 0.300. The van der Waals surface area contributed by atoms with Gasteiger partial charge in [-0.1, -0.05) is 36.4 Å². The summed E-state index contributed by atoms with van der Waals surface area (Å²) in [4.78, 5) is 26.4. The number of carbonyl (C=O) groups is 1. The van der Waals surface area contributed by atoms with Gasteiger partial charge in [0.05, 0.1) is 11.6 Å². The number of oxazole rings is 1. The molecule has 26 heavy (non-hydrogen) atoms. The average molecular weight is 351 g/mol. The number of hydrogen-bond acceptors (Lipinski definition) is 3. The molecule has 0 radical (unpaired) electrons. The zero-order valence-electron chi connectivity index (χ0n) is 14.6. The highest BCUT2D eigenvalue weighted by molar-refractivity contribution is 5.75. The Balaban J connectivity index is 1.42. The van der Waals surface area contributed by atoms with Crippen molar-refractivity contribution in [3.8, 4) is 0 Å². The number of para-hydroxylation sites is 2. The molecule has 134 valence electrons. The highest BCUT2D eigenvalue weighted by atomic mass is 16.4. The van der Waals surface area contributed by atoms with Gasteiger partial charge in [-0.05, 0) is 36.6 Å². The third-order valence-electron chi connectivity index (χ3n) is 5.04.